The number of nitrogens with one attached hydrogen (secondary N) is 2. The van der Waals surface area contributed by atoms with E-state index in [9.17, 15) is 14.4 Å². The van der Waals surface area contributed by atoms with Gasteiger partial charge in [0.05, 0.1) is 19.3 Å². The van der Waals surface area contributed by atoms with Crippen LogP contribution in [0, 0.1) is 0 Å². The number of ether oxygens (including phenoxy) is 2. The summed E-state index contributed by atoms with van der Waals surface area (Å²) in [5, 5.41) is 0.551. The van der Waals surface area contributed by atoms with Crippen molar-refractivity contribution in [2.45, 2.75) is 13.3 Å². The smallest absolute Gasteiger partial charge is 0.349 e. The second kappa shape index (κ2) is 8.92. The molecule has 2 aromatic carbocycles. The number of benzene rings is 2. The minimum atomic E-state index is -0.825. The Morgan fingerprint density at radius 3 is 2.45 bits per heavy atom. The lowest BCUT2D eigenvalue weighted by Gasteiger charge is -2.10. The number of hydrogen-bond donors (Lipinski definition) is 2. The van der Waals surface area contributed by atoms with Crippen LogP contribution in [0.4, 0.5) is 0 Å². The van der Waals surface area contributed by atoms with Gasteiger partial charge in [0.15, 0.2) is 0 Å². The lowest BCUT2D eigenvalue weighted by molar-refractivity contribution is 0.0843. The molecule has 0 aliphatic rings. The van der Waals surface area contributed by atoms with Crippen molar-refractivity contribution >= 4 is 22.8 Å². The molecule has 0 saturated heterocycles. The minimum Gasteiger partial charge on any atom is -0.496 e. The molecule has 29 heavy (non-hydrogen) atoms. The molecular formula is C21H20N2O6. The number of amides is 2. The average molecular weight is 396 g/mol. The SMILES string of the molecule is CCCOc1ccc2cc(C(=O)NNC(=O)c3ccccc3OC)c(=O)oc2c1. The van der Waals surface area contributed by atoms with E-state index in [1.54, 1.807) is 42.5 Å². The molecule has 0 bridgehead atoms. The largest absolute Gasteiger partial charge is 0.496 e. The standard InChI is InChI=1S/C21H20N2O6/c1-3-10-28-14-9-8-13-11-16(21(26)29-18(13)12-14)20(25)23-22-19(24)15-6-4-5-7-17(15)27-2/h4-9,11-12H,3,10H2,1-2H3,(H,22,24)(H,23,25). The number of carbonyl (C=O) groups is 2. The van der Waals surface area contributed by atoms with Gasteiger partial charge in [-0.1, -0.05) is 19.1 Å². The molecule has 0 atom stereocenters. The Labute approximate surface area is 166 Å². The number of carbonyl (C=O) groups excluding carboxylic acids is 2. The van der Waals surface area contributed by atoms with Gasteiger partial charge in [-0.15, -0.1) is 0 Å². The molecular weight excluding hydrogens is 376 g/mol. The molecule has 2 amide bonds. The van der Waals surface area contributed by atoms with Crippen molar-refractivity contribution in [3.05, 3.63) is 70.1 Å². The van der Waals surface area contributed by atoms with Crippen LogP contribution < -0.4 is 26.0 Å². The first-order chi connectivity index (χ1) is 14.0. The third kappa shape index (κ3) is 4.55. The maximum atomic E-state index is 12.4. The highest BCUT2D eigenvalue weighted by molar-refractivity contribution is 6.01. The highest BCUT2D eigenvalue weighted by Gasteiger charge is 2.17. The second-order valence-corrected chi connectivity index (χ2v) is 6.10. The second-order valence-electron chi connectivity index (χ2n) is 6.10. The van der Waals surface area contributed by atoms with Gasteiger partial charge < -0.3 is 13.9 Å². The maximum Gasteiger partial charge on any atom is 0.349 e. The molecule has 2 N–H and O–H groups in total. The average Bonchev–Trinajstić information content (AvgIpc) is 2.75. The fourth-order valence-corrected chi connectivity index (χ4v) is 2.64. The lowest BCUT2D eigenvalue weighted by Crippen LogP contribution is -2.43. The zero-order chi connectivity index (χ0) is 20.8. The van der Waals surface area contributed by atoms with E-state index in [4.69, 9.17) is 13.9 Å². The number of hydrazine groups is 1. The van der Waals surface area contributed by atoms with Crippen LogP contribution >= 0.6 is 0 Å². The van der Waals surface area contributed by atoms with Gasteiger partial charge in [0.25, 0.3) is 11.8 Å². The van der Waals surface area contributed by atoms with Gasteiger partial charge in [-0.3, -0.25) is 20.4 Å². The number of methoxy groups -OCH3 is 1. The lowest BCUT2D eigenvalue weighted by atomic mass is 10.1. The first-order valence-electron chi connectivity index (χ1n) is 8.98. The van der Waals surface area contributed by atoms with Crippen molar-refractivity contribution in [3.8, 4) is 11.5 Å². The van der Waals surface area contributed by atoms with E-state index in [1.165, 1.54) is 13.2 Å². The zero-order valence-electron chi connectivity index (χ0n) is 16.0. The van der Waals surface area contributed by atoms with Crippen LogP contribution in [0.1, 0.15) is 34.1 Å². The first kappa shape index (κ1) is 19.9. The van der Waals surface area contributed by atoms with Crippen molar-refractivity contribution in [2.24, 2.45) is 0 Å². The number of rotatable bonds is 6. The Bertz CT molecular complexity index is 1110. The van der Waals surface area contributed by atoms with E-state index in [-0.39, 0.29) is 11.1 Å². The normalized spacial score (nSPS) is 10.4. The summed E-state index contributed by atoms with van der Waals surface area (Å²) in [7, 11) is 1.43. The Kier molecular flexibility index (Phi) is 6.13. The van der Waals surface area contributed by atoms with E-state index in [2.05, 4.69) is 10.9 Å². The molecule has 0 radical (unpaired) electrons. The molecule has 0 saturated carbocycles. The Morgan fingerprint density at radius 2 is 1.72 bits per heavy atom. The van der Waals surface area contributed by atoms with Crippen LogP contribution in [0.5, 0.6) is 11.5 Å². The van der Waals surface area contributed by atoms with Crippen molar-refractivity contribution in [1.29, 1.82) is 0 Å². The maximum absolute atomic E-state index is 12.4. The monoisotopic (exact) mass is 396 g/mol. The summed E-state index contributed by atoms with van der Waals surface area (Å²) in [6.07, 6.45) is 0.849. The van der Waals surface area contributed by atoms with Crippen LogP contribution in [0.2, 0.25) is 0 Å². The third-order valence-corrected chi connectivity index (χ3v) is 4.07. The topological polar surface area (TPSA) is 107 Å². The highest BCUT2D eigenvalue weighted by Crippen LogP contribution is 2.21. The molecule has 0 aliphatic carbocycles. The molecule has 3 aromatic rings. The van der Waals surface area contributed by atoms with Gasteiger partial charge in [-0.2, -0.15) is 0 Å². The van der Waals surface area contributed by atoms with E-state index in [1.807, 2.05) is 6.92 Å². The van der Waals surface area contributed by atoms with E-state index in [0.29, 0.717) is 29.1 Å². The Balaban J connectivity index is 1.75. The molecule has 1 aromatic heterocycles. The first-order valence-corrected chi connectivity index (χ1v) is 8.98. The minimum absolute atomic E-state index is 0.236. The van der Waals surface area contributed by atoms with Crippen molar-refractivity contribution in [1.82, 2.24) is 10.9 Å². The van der Waals surface area contributed by atoms with Gasteiger partial charge in [0.2, 0.25) is 0 Å². The molecule has 1 heterocycles. The van der Waals surface area contributed by atoms with E-state index in [0.717, 1.165) is 6.42 Å². The van der Waals surface area contributed by atoms with Gasteiger partial charge >= 0.3 is 5.63 Å². The van der Waals surface area contributed by atoms with Crippen molar-refractivity contribution in [3.63, 3.8) is 0 Å². The molecule has 150 valence electrons. The summed E-state index contributed by atoms with van der Waals surface area (Å²) in [6.45, 7) is 2.53. The van der Waals surface area contributed by atoms with Crippen molar-refractivity contribution in [2.75, 3.05) is 13.7 Å². The van der Waals surface area contributed by atoms with Crippen LogP contribution in [-0.4, -0.2) is 25.5 Å². The van der Waals surface area contributed by atoms with Crippen molar-refractivity contribution < 1.29 is 23.5 Å². The Hall–Kier alpha value is -3.81. The molecule has 8 nitrogen and oxygen atoms in total. The zero-order valence-corrected chi connectivity index (χ0v) is 16.0. The fourth-order valence-electron chi connectivity index (χ4n) is 2.64. The van der Waals surface area contributed by atoms with Gasteiger partial charge in [0, 0.05) is 11.5 Å². The fraction of sp³-hybridized carbons (Fsp3) is 0.190. The third-order valence-electron chi connectivity index (χ3n) is 4.07. The van der Waals surface area contributed by atoms with Crippen LogP contribution in [-0.2, 0) is 0 Å². The molecule has 8 heteroatoms. The highest BCUT2D eigenvalue weighted by atomic mass is 16.5. The summed E-state index contributed by atoms with van der Waals surface area (Å²) in [5.74, 6) is -0.455. The van der Waals surface area contributed by atoms with Crippen LogP contribution in [0.25, 0.3) is 11.0 Å². The van der Waals surface area contributed by atoms with Gasteiger partial charge in [-0.05, 0) is 36.8 Å². The van der Waals surface area contributed by atoms with Gasteiger partial charge in [0.1, 0.15) is 22.6 Å². The molecule has 0 unspecified atom stereocenters. The molecule has 0 fully saturated rings. The predicted octanol–water partition coefficient (Wildman–Crippen LogP) is 2.67. The summed E-state index contributed by atoms with van der Waals surface area (Å²) >= 11 is 0. The summed E-state index contributed by atoms with van der Waals surface area (Å²) in [5.41, 5.74) is 3.95. The van der Waals surface area contributed by atoms with Crippen LogP contribution in [0.15, 0.2) is 57.7 Å². The molecule has 0 aliphatic heterocycles. The predicted molar refractivity (Wildman–Crippen MR) is 106 cm³/mol. The van der Waals surface area contributed by atoms with Gasteiger partial charge in [-0.25, -0.2) is 4.79 Å². The quantitative estimate of drug-likeness (QED) is 0.490. The Morgan fingerprint density at radius 1 is 1.00 bits per heavy atom. The van der Waals surface area contributed by atoms with E-state index < -0.39 is 17.4 Å². The van der Waals surface area contributed by atoms with E-state index >= 15 is 0 Å². The molecule has 3 rings (SSSR count). The molecule has 0 spiro atoms. The number of fused-ring (bicyclic) bond motifs is 1. The summed E-state index contributed by atoms with van der Waals surface area (Å²) in [4.78, 5) is 36.8. The summed E-state index contributed by atoms with van der Waals surface area (Å²) < 4.78 is 15.9. The number of para-hydroxylation sites is 1. The van der Waals surface area contributed by atoms with Crippen LogP contribution in [0.3, 0.4) is 0 Å². The number of hydrogen-bond acceptors (Lipinski definition) is 6. The summed E-state index contributed by atoms with van der Waals surface area (Å²) in [6, 6.07) is 12.9.